The van der Waals surface area contributed by atoms with E-state index in [4.69, 9.17) is 0 Å². The number of sulfone groups is 1. The van der Waals surface area contributed by atoms with Crippen molar-refractivity contribution >= 4 is 15.7 Å². The quantitative estimate of drug-likeness (QED) is 0.924. The van der Waals surface area contributed by atoms with Gasteiger partial charge in [0.25, 0.3) is 9.84 Å². The van der Waals surface area contributed by atoms with Crippen molar-refractivity contribution in [2.24, 2.45) is 0 Å². The lowest BCUT2D eigenvalue weighted by atomic mass is 10.2. The summed E-state index contributed by atoms with van der Waals surface area (Å²) in [5.74, 6) is -0.202. The highest BCUT2D eigenvalue weighted by atomic mass is 32.2. The van der Waals surface area contributed by atoms with Crippen molar-refractivity contribution in [2.45, 2.75) is 30.3 Å². The van der Waals surface area contributed by atoms with Gasteiger partial charge in [-0.1, -0.05) is 19.1 Å². The fourth-order valence-electron chi connectivity index (χ4n) is 1.25. The largest absolute Gasteiger partial charge is 0.501 e. The zero-order valence-electron chi connectivity index (χ0n) is 9.99. The first-order valence-electron chi connectivity index (χ1n) is 5.35. The topological polar surface area (TPSA) is 63.2 Å². The van der Waals surface area contributed by atoms with Crippen molar-refractivity contribution in [2.75, 3.05) is 0 Å². The Balaban J connectivity index is 2.86. The van der Waals surface area contributed by atoms with Gasteiger partial charge >= 0.3 is 5.51 Å². The molecule has 19 heavy (non-hydrogen) atoms. The number of alkyl halides is 3. The molecule has 0 aliphatic heterocycles. The minimum absolute atomic E-state index is 0.138. The molecule has 0 saturated carbocycles. The normalized spacial score (nSPS) is 12.2. The fraction of sp³-hybridized carbons (Fsp3) is 0.364. The Morgan fingerprint density at radius 2 is 1.74 bits per heavy atom. The minimum atomic E-state index is -5.32. The Kier molecular flexibility index (Phi) is 4.56. The molecule has 0 radical (unpaired) electrons. The summed E-state index contributed by atoms with van der Waals surface area (Å²) in [5, 5.41) is 2.53. The molecule has 0 saturated heterocycles. The van der Waals surface area contributed by atoms with Crippen LogP contribution in [0, 0.1) is 0 Å². The van der Waals surface area contributed by atoms with E-state index in [1.165, 1.54) is 12.1 Å². The molecule has 1 aromatic rings. The number of nitrogens with one attached hydrogen (secondary N) is 1. The van der Waals surface area contributed by atoms with Gasteiger partial charge < -0.3 is 5.32 Å². The Bertz CT molecular complexity index is 550. The van der Waals surface area contributed by atoms with E-state index in [9.17, 15) is 26.4 Å². The number of carbonyl (C=O) groups excluding carboxylic acids is 1. The van der Waals surface area contributed by atoms with Gasteiger partial charge in [-0.25, -0.2) is 8.42 Å². The summed E-state index contributed by atoms with van der Waals surface area (Å²) in [5.41, 5.74) is -4.80. The highest BCUT2D eigenvalue weighted by molar-refractivity contribution is 7.92. The summed E-state index contributed by atoms with van der Waals surface area (Å²) in [7, 11) is -5.32. The molecule has 0 heterocycles. The highest BCUT2D eigenvalue weighted by Crippen LogP contribution is 2.30. The molecule has 0 bridgehead atoms. The van der Waals surface area contributed by atoms with Crippen LogP contribution in [0.1, 0.15) is 18.9 Å². The van der Waals surface area contributed by atoms with Crippen molar-refractivity contribution < 1.29 is 26.4 Å². The first-order valence-corrected chi connectivity index (χ1v) is 6.83. The maximum atomic E-state index is 12.3. The van der Waals surface area contributed by atoms with Gasteiger partial charge in [0.1, 0.15) is 0 Å². The van der Waals surface area contributed by atoms with Gasteiger partial charge in [0.15, 0.2) is 0 Å². The molecule has 8 heteroatoms. The molecule has 1 rings (SSSR count). The molecule has 4 nitrogen and oxygen atoms in total. The molecule has 0 fully saturated rings. The van der Waals surface area contributed by atoms with E-state index < -0.39 is 20.2 Å². The number of benzene rings is 1. The first kappa shape index (κ1) is 15.5. The van der Waals surface area contributed by atoms with Crippen LogP contribution >= 0.6 is 0 Å². The first-order chi connectivity index (χ1) is 8.68. The van der Waals surface area contributed by atoms with Crippen molar-refractivity contribution in [3.63, 3.8) is 0 Å². The van der Waals surface area contributed by atoms with E-state index in [1.807, 2.05) is 0 Å². The summed E-state index contributed by atoms with van der Waals surface area (Å²) in [6.45, 7) is 1.80. The zero-order chi connectivity index (χ0) is 14.7. The average Bonchev–Trinajstić information content (AvgIpc) is 2.35. The number of rotatable bonds is 4. The summed E-state index contributed by atoms with van der Waals surface area (Å²) in [6, 6.07) is 4.20. The van der Waals surface area contributed by atoms with Gasteiger partial charge in [0, 0.05) is 13.0 Å². The lowest BCUT2D eigenvalue weighted by Crippen LogP contribution is -2.23. The lowest BCUT2D eigenvalue weighted by Gasteiger charge is -2.09. The van der Waals surface area contributed by atoms with E-state index in [2.05, 4.69) is 5.32 Å². The predicted octanol–water partition coefficient (Wildman–Crippen LogP) is 2.01. The van der Waals surface area contributed by atoms with Gasteiger partial charge in [-0.15, -0.1) is 0 Å². The van der Waals surface area contributed by atoms with Crippen LogP contribution < -0.4 is 5.32 Å². The predicted molar refractivity (Wildman–Crippen MR) is 61.8 cm³/mol. The van der Waals surface area contributed by atoms with Crippen LogP contribution in [0.3, 0.4) is 0 Å². The summed E-state index contributed by atoms with van der Waals surface area (Å²) in [4.78, 5) is 10.2. The standard InChI is InChI=1S/C11H12F3NO3S/c1-2-10(16)15-7-8-3-5-9(6-4-8)19(17,18)11(12,13)14/h3-6H,2,7H2,1H3,(H,15,16). The molecule has 0 atom stereocenters. The molecule has 1 N–H and O–H groups in total. The molecular formula is C11H12F3NO3S. The fourth-order valence-corrected chi connectivity index (χ4v) is 2.01. The third-order valence-corrected chi connectivity index (χ3v) is 3.85. The van der Waals surface area contributed by atoms with Crippen LogP contribution in [0.5, 0.6) is 0 Å². The smallest absolute Gasteiger partial charge is 0.352 e. The number of hydrogen-bond acceptors (Lipinski definition) is 3. The maximum absolute atomic E-state index is 12.3. The monoisotopic (exact) mass is 295 g/mol. The van der Waals surface area contributed by atoms with Crippen LogP contribution in [-0.2, 0) is 21.2 Å². The van der Waals surface area contributed by atoms with E-state index in [0.717, 1.165) is 12.1 Å². The van der Waals surface area contributed by atoms with Crippen molar-refractivity contribution in [3.05, 3.63) is 29.8 Å². The molecule has 0 aliphatic carbocycles. The van der Waals surface area contributed by atoms with Crippen molar-refractivity contribution in [1.29, 1.82) is 0 Å². The molecule has 0 spiro atoms. The van der Waals surface area contributed by atoms with Gasteiger partial charge in [-0.2, -0.15) is 13.2 Å². The molecule has 106 valence electrons. The Labute approximate surface area is 108 Å². The van der Waals surface area contributed by atoms with Gasteiger partial charge in [-0.05, 0) is 17.7 Å². The number of carbonyl (C=O) groups is 1. The van der Waals surface area contributed by atoms with E-state index in [1.54, 1.807) is 6.92 Å². The van der Waals surface area contributed by atoms with Crippen LogP contribution in [0.25, 0.3) is 0 Å². The van der Waals surface area contributed by atoms with Gasteiger partial charge in [-0.3, -0.25) is 4.79 Å². The maximum Gasteiger partial charge on any atom is 0.501 e. The summed E-state index contributed by atoms with van der Waals surface area (Å²) < 4.78 is 59.0. The molecular weight excluding hydrogens is 283 g/mol. The number of hydrogen-bond donors (Lipinski definition) is 1. The Hall–Kier alpha value is -1.57. The molecule has 0 unspecified atom stereocenters. The van der Waals surface area contributed by atoms with Crippen LogP contribution in [0.4, 0.5) is 13.2 Å². The lowest BCUT2D eigenvalue weighted by molar-refractivity contribution is -0.120. The molecule has 1 amide bonds. The van der Waals surface area contributed by atoms with E-state index >= 15 is 0 Å². The third-order valence-electron chi connectivity index (χ3n) is 2.35. The second-order valence-corrected chi connectivity index (χ2v) is 5.66. The van der Waals surface area contributed by atoms with Crippen LogP contribution in [0.2, 0.25) is 0 Å². The van der Waals surface area contributed by atoms with Gasteiger partial charge in [0.2, 0.25) is 5.91 Å². The SMILES string of the molecule is CCC(=O)NCc1ccc(S(=O)(=O)C(F)(F)F)cc1. The van der Waals surface area contributed by atoms with Crippen LogP contribution in [0.15, 0.2) is 29.2 Å². The van der Waals surface area contributed by atoms with Gasteiger partial charge in [0.05, 0.1) is 4.90 Å². The molecule has 0 aliphatic rings. The third kappa shape index (κ3) is 3.69. The van der Waals surface area contributed by atoms with Crippen molar-refractivity contribution in [3.8, 4) is 0 Å². The molecule has 0 aromatic heterocycles. The summed E-state index contributed by atoms with van der Waals surface area (Å²) >= 11 is 0. The number of halogens is 3. The van der Waals surface area contributed by atoms with E-state index in [-0.39, 0.29) is 12.5 Å². The second-order valence-electron chi connectivity index (χ2n) is 3.72. The second kappa shape index (κ2) is 5.60. The minimum Gasteiger partial charge on any atom is -0.352 e. The Morgan fingerprint density at radius 3 is 2.16 bits per heavy atom. The number of amides is 1. The molecule has 1 aromatic carbocycles. The van der Waals surface area contributed by atoms with E-state index in [0.29, 0.717) is 12.0 Å². The Morgan fingerprint density at radius 1 is 1.21 bits per heavy atom. The van der Waals surface area contributed by atoms with Crippen LogP contribution in [-0.4, -0.2) is 19.8 Å². The average molecular weight is 295 g/mol. The highest BCUT2D eigenvalue weighted by Gasteiger charge is 2.46. The van der Waals surface area contributed by atoms with Crippen molar-refractivity contribution in [1.82, 2.24) is 5.32 Å². The zero-order valence-corrected chi connectivity index (χ0v) is 10.8. The summed E-state index contributed by atoms with van der Waals surface area (Å²) in [6.07, 6.45) is 0.292.